The van der Waals surface area contributed by atoms with Gasteiger partial charge in [-0.3, -0.25) is 0 Å². The number of hydrogen-bond donors (Lipinski definition) is 1. The summed E-state index contributed by atoms with van der Waals surface area (Å²) in [5.74, 6) is -0.0318. The fraction of sp³-hybridized carbons (Fsp3) is 0.269. The van der Waals surface area contributed by atoms with E-state index in [0.717, 1.165) is 16.7 Å². The van der Waals surface area contributed by atoms with Crippen LogP contribution in [0.5, 0.6) is 5.75 Å². The van der Waals surface area contributed by atoms with Gasteiger partial charge < -0.3 is 15.4 Å². The van der Waals surface area contributed by atoms with Crippen LogP contribution in [-0.4, -0.2) is 24.6 Å². The molecule has 1 aliphatic carbocycles. The molecule has 1 aliphatic heterocycles. The number of nitriles is 3. The quantitative estimate of drug-likeness (QED) is 0.807. The van der Waals surface area contributed by atoms with Crippen molar-refractivity contribution < 1.29 is 4.74 Å². The minimum Gasteiger partial charge on any atom is -0.497 e. The number of benzene rings is 2. The van der Waals surface area contributed by atoms with Gasteiger partial charge in [-0.1, -0.05) is 42.5 Å². The first kappa shape index (κ1) is 21.2. The van der Waals surface area contributed by atoms with Crippen LogP contribution in [0.15, 0.2) is 78.0 Å². The number of allylic oxidation sites excluding steroid dienone is 1. The SMILES string of the molecule is COc1ccc([C@@H]2[C@@H]3CN(Cc4ccccc4)C=CC3=C(C#N)[C@@H](N)C2(C#N)C#N)cc1. The van der Waals surface area contributed by atoms with Crippen LogP contribution in [-0.2, 0) is 6.54 Å². The highest BCUT2D eigenvalue weighted by Gasteiger charge is 2.56. The second-order valence-corrected chi connectivity index (χ2v) is 8.14. The molecule has 0 saturated heterocycles. The molecule has 158 valence electrons. The van der Waals surface area contributed by atoms with E-state index in [0.29, 0.717) is 24.4 Å². The molecule has 1 heterocycles. The first-order chi connectivity index (χ1) is 15.6. The lowest BCUT2D eigenvalue weighted by Gasteiger charge is -2.47. The van der Waals surface area contributed by atoms with Crippen LogP contribution < -0.4 is 10.5 Å². The van der Waals surface area contributed by atoms with Gasteiger partial charge in [-0.25, -0.2) is 0 Å². The number of nitrogens with zero attached hydrogens (tertiary/aromatic N) is 4. The van der Waals surface area contributed by atoms with Gasteiger partial charge in [0.05, 0.1) is 36.9 Å². The molecule has 32 heavy (non-hydrogen) atoms. The van der Waals surface area contributed by atoms with Gasteiger partial charge in [0.1, 0.15) is 5.75 Å². The minimum atomic E-state index is -1.56. The summed E-state index contributed by atoms with van der Waals surface area (Å²) >= 11 is 0. The number of nitrogens with two attached hydrogens (primary N) is 1. The summed E-state index contributed by atoms with van der Waals surface area (Å²) in [5.41, 5.74) is 8.00. The smallest absolute Gasteiger partial charge is 0.170 e. The van der Waals surface area contributed by atoms with Crippen molar-refractivity contribution >= 4 is 0 Å². The van der Waals surface area contributed by atoms with Crippen molar-refractivity contribution in [2.45, 2.75) is 18.5 Å². The molecule has 6 heteroatoms. The third-order valence-electron chi connectivity index (χ3n) is 6.49. The van der Waals surface area contributed by atoms with E-state index in [9.17, 15) is 15.8 Å². The molecule has 0 amide bonds. The van der Waals surface area contributed by atoms with Gasteiger partial charge in [0, 0.05) is 24.9 Å². The van der Waals surface area contributed by atoms with Gasteiger partial charge in [-0.2, -0.15) is 15.8 Å². The molecule has 2 aliphatic rings. The van der Waals surface area contributed by atoms with Crippen LogP contribution in [0, 0.1) is 45.3 Å². The third-order valence-corrected chi connectivity index (χ3v) is 6.49. The molecule has 0 aromatic heterocycles. The number of ether oxygens (including phenoxy) is 1. The summed E-state index contributed by atoms with van der Waals surface area (Å²) < 4.78 is 5.28. The van der Waals surface area contributed by atoms with E-state index in [1.165, 1.54) is 0 Å². The molecular formula is C26H23N5O. The van der Waals surface area contributed by atoms with Crippen LogP contribution in [0.25, 0.3) is 0 Å². The predicted octanol–water partition coefficient (Wildman–Crippen LogP) is 3.62. The van der Waals surface area contributed by atoms with Crippen molar-refractivity contribution in [1.29, 1.82) is 15.8 Å². The van der Waals surface area contributed by atoms with E-state index in [-0.39, 0.29) is 5.92 Å². The largest absolute Gasteiger partial charge is 0.497 e. The highest BCUT2D eigenvalue weighted by Crippen LogP contribution is 2.53. The molecule has 0 fully saturated rings. The molecular weight excluding hydrogens is 398 g/mol. The zero-order valence-electron chi connectivity index (χ0n) is 17.8. The van der Waals surface area contributed by atoms with Crippen LogP contribution in [0.1, 0.15) is 17.0 Å². The van der Waals surface area contributed by atoms with E-state index in [4.69, 9.17) is 10.5 Å². The second-order valence-electron chi connectivity index (χ2n) is 8.14. The van der Waals surface area contributed by atoms with Gasteiger partial charge in [-0.05, 0) is 41.1 Å². The first-order valence-electron chi connectivity index (χ1n) is 10.4. The van der Waals surface area contributed by atoms with Gasteiger partial charge in [-0.15, -0.1) is 0 Å². The average Bonchev–Trinajstić information content (AvgIpc) is 2.84. The summed E-state index contributed by atoms with van der Waals surface area (Å²) in [5, 5.41) is 30.3. The van der Waals surface area contributed by atoms with Gasteiger partial charge in [0.15, 0.2) is 5.41 Å². The fourth-order valence-electron chi connectivity index (χ4n) is 4.89. The van der Waals surface area contributed by atoms with E-state index in [1.807, 2.05) is 54.7 Å². The topological polar surface area (TPSA) is 110 Å². The molecule has 0 unspecified atom stereocenters. The molecule has 2 aromatic carbocycles. The standard InChI is InChI=1S/C26H23N5O/c1-32-20-9-7-19(8-10-20)24-23-15-31(14-18-5-3-2-4-6-18)12-11-21(23)22(13-27)25(30)26(24,16-28)17-29/h2-12,23-25H,14-15,30H2,1H3/t23-,24-,25-/m1/s1. The Hall–Kier alpha value is -4.05. The zero-order valence-corrected chi connectivity index (χ0v) is 17.8. The van der Waals surface area contributed by atoms with Crippen molar-refractivity contribution in [2.75, 3.05) is 13.7 Å². The normalized spacial score (nSPS) is 23.5. The van der Waals surface area contributed by atoms with Crippen molar-refractivity contribution in [3.63, 3.8) is 0 Å². The third kappa shape index (κ3) is 3.40. The van der Waals surface area contributed by atoms with Gasteiger partial charge in [0.2, 0.25) is 0 Å². The Labute approximate surface area is 188 Å². The number of rotatable bonds is 4. The maximum absolute atomic E-state index is 10.2. The van der Waals surface area contributed by atoms with Crippen LogP contribution >= 0.6 is 0 Å². The monoisotopic (exact) mass is 421 g/mol. The van der Waals surface area contributed by atoms with Crippen molar-refractivity contribution in [3.05, 3.63) is 89.1 Å². The summed E-state index contributed by atoms with van der Waals surface area (Å²) in [7, 11) is 1.59. The fourth-order valence-corrected chi connectivity index (χ4v) is 4.89. The summed E-state index contributed by atoms with van der Waals surface area (Å²) in [6.07, 6.45) is 3.89. The Balaban J connectivity index is 1.83. The maximum atomic E-state index is 10.2. The van der Waals surface area contributed by atoms with Crippen LogP contribution in [0.2, 0.25) is 0 Å². The Morgan fingerprint density at radius 1 is 1.06 bits per heavy atom. The Morgan fingerprint density at radius 2 is 1.75 bits per heavy atom. The molecule has 0 saturated carbocycles. The Morgan fingerprint density at radius 3 is 2.34 bits per heavy atom. The van der Waals surface area contributed by atoms with Gasteiger partial charge in [0.25, 0.3) is 0 Å². The van der Waals surface area contributed by atoms with E-state index in [2.05, 4.69) is 35.2 Å². The molecule has 6 nitrogen and oxygen atoms in total. The number of fused-ring (bicyclic) bond motifs is 1. The van der Waals surface area contributed by atoms with Gasteiger partial charge >= 0.3 is 0 Å². The lowest BCUT2D eigenvalue weighted by Crippen LogP contribution is -2.53. The molecule has 0 radical (unpaired) electrons. The maximum Gasteiger partial charge on any atom is 0.170 e. The number of hydrogen-bond acceptors (Lipinski definition) is 6. The van der Waals surface area contributed by atoms with E-state index in [1.54, 1.807) is 7.11 Å². The second kappa shape index (κ2) is 8.60. The summed E-state index contributed by atoms with van der Waals surface area (Å²) in [6.45, 7) is 1.26. The van der Waals surface area contributed by atoms with Crippen molar-refractivity contribution in [3.8, 4) is 24.0 Å². The first-order valence-corrected chi connectivity index (χ1v) is 10.4. The highest BCUT2D eigenvalue weighted by atomic mass is 16.5. The highest BCUT2D eigenvalue weighted by molar-refractivity contribution is 5.54. The lowest BCUT2D eigenvalue weighted by atomic mass is 9.56. The average molecular weight is 422 g/mol. The van der Waals surface area contributed by atoms with Crippen molar-refractivity contribution in [2.24, 2.45) is 17.1 Å². The van der Waals surface area contributed by atoms with Crippen LogP contribution in [0.4, 0.5) is 0 Å². The molecule has 2 aromatic rings. The molecule has 0 spiro atoms. The summed E-state index contributed by atoms with van der Waals surface area (Å²) in [4.78, 5) is 2.16. The van der Waals surface area contributed by atoms with Crippen molar-refractivity contribution in [1.82, 2.24) is 4.90 Å². The lowest BCUT2D eigenvalue weighted by molar-refractivity contribution is 0.211. The molecule has 4 rings (SSSR count). The minimum absolute atomic E-state index is 0.231. The summed E-state index contributed by atoms with van der Waals surface area (Å²) in [6, 6.07) is 23.1. The Bertz CT molecular complexity index is 1160. The predicted molar refractivity (Wildman–Crippen MR) is 119 cm³/mol. The van der Waals surface area contributed by atoms with Crippen LogP contribution in [0.3, 0.4) is 0 Å². The van der Waals surface area contributed by atoms with E-state index >= 15 is 0 Å². The molecule has 2 N–H and O–H groups in total. The molecule has 3 atom stereocenters. The Kier molecular flexibility index (Phi) is 5.69. The van der Waals surface area contributed by atoms with E-state index < -0.39 is 17.4 Å². The zero-order chi connectivity index (χ0) is 22.7. The number of methoxy groups -OCH3 is 1. The molecule has 0 bridgehead atoms.